The van der Waals surface area contributed by atoms with Crippen LogP contribution in [0.1, 0.15) is 58.1 Å². The van der Waals surface area contributed by atoms with Crippen molar-refractivity contribution in [2.24, 2.45) is 0 Å². The van der Waals surface area contributed by atoms with Gasteiger partial charge in [-0.2, -0.15) is 0 Å². The number of hydrogen-bond donors (Lipinski definition) is 1. The van der Waals surface area contributed by atoms with Crippen LogP contribution in [-0.2, 0) is 10.8 Å². The lowest BCUT2D eigenvalue weighted by atomic mass is 10.0. The molecule has 2 nitrogen and oxygen atoms in total. The minimum Gasteiger partial charge on any atom is -0.309 e. The van der Waals surface area contributed by atoms with Gasteiger partial charge in [-0.3, -0.25) is 4.21 Å². The summed E-state index contributed by atoms with van der Waals surface area (Å²) in [6.07, 6.45) is 4.22. The molecule has 114 valence electrons. The largest absolute Gasteiger partial charge is 0.309 e. The van der Waals surface area contributed by atoms with Gasteiger partial charge in [0.2, 0.25) is 0 Å². The van der Waals surface area contributed by atoms with Gasteiger partial charge in [0, 0.05) is 22.6 Å². The molecule has 1 rings (SSSR count). The Bertz CT molecular complexity index is 380. The molecular formula is C17H29NOS. The Morgan fingerprint density at radius 2 is 1.80 bits per heavy atom. The van der Waals surface area contributed by atoms with Gasteiger partial charge in [0.25, 0.3) is 0 Å². The molecule has 0 saturated heterocycles. The molecule has 0 fully saturated rings. The summed E-state index contributed by atoms with van der Waals surface area (Å²) in [4.78, 5) is 0. The van der Waals surface area contributed by atoms with Crippen LogP contribution in [-0.4, -0.2) is 21.8 Å². The lowest BCUT2D eigenvalue weighted by molar-refractivity contribution is 0.494. The summed E-state index contributed by atoms with van der Waals surface area (Å²) in [6, 6.07) is 10.7. The molecule has 1 N–H and O–H groups in total. The maximum Gasteiger partial charge on any atom is 0.0540 e. The van der Waals surface area contributed by atoms with Gasteiger partial charge in [0.05, 0.1) is 5.25 Å². The van der Waals surface area contributed by atoms with Crippen molar-refractivity contribution in [1.82, 2.24) is 5.32 Å². The molecule has 0 amide bonds. The highest BCUT2D eigenvalue weighted by Crippen LogP contribution is 2.24. The molecule has 1 aromatic carbocycles. The predicted molar refractivity (Wildman–Crippen MR) is 89.5 cm³/mol. The van der Waals surface area contributed by atoms with Crippen LogP contribution in [0.2, 0.25) is 0 Å². The molecule has 0 bridgehead atoms. The average Bonchev–Trinajstić information content (AvgIpc) is 2.50. The van der Waals surface area contributed by atoms with Crippen molar-refractivity contribution in [2.75, 3.05) is 12.3 Å². The Labute approximate surface area is 126 Å². The van der Waals surface area contributed by atoms with Crippen LogP contribution in [0, 0.1) is 0 Å². The summed E-state index contributed by atoms with van der Waals surface area (Å²) in [5, 5.41) is 3.81. The number of rotatable bonds is 10. The fourth-order valence-electron chi connectivity index (χ4n) is 2.44. The van der Waals surface area contributed by atoms with Crippen LogP contribution in [0.4, 0.5) is 0 Å². The van der Waals surface area contributed by atoms with E-state index in [1.807, 2.05) is 6.07 Å². The molecule has 0 heterocycles. The quantitative estimate of drug-likeness (QED) is 0.705. The molecule has 0 radical (unpaired) electrons. The molecule has 0 aliphatic rings. The van der Waals surface area contributed by atoms with E-state index < -0.39 is 10.8 Å². The zero-order valence-corrected chi connectivity index (χ0v) is 13.9. The van der Waals surface area contributed by atoms with Crippen LogP contribution in [0.15, 0.2) is 30.3 Å². The van der Waals surface area contributed by atoms with E-state index in [0.717, 1.165) is 38.0 Å². The minimum absolute atomic E-state index is 0.204. The summed E-state index contributed by atoms with van der Waals surface area (Å²) < 4.78 is 12.6. The van der Waals surface area contributed by atoms with E-state index in [1.165, 1.54) is 5.56 Å². The zero-order valence-electron chi connectivity index (χ0n) is 13.1. The molecule has 0 aliphatic carbocycles. The SMILES string of the molecule is CCCCS(=O)C(CC)C(NCCC)c1ccccc1. The van der Waals surface area contributed by atoms with Crippen molar-refractivity contribution >= 4 is 10.8 Å². The second kappa shape index (κ2) is 10.1. The first kappa shape index (κ1) is 17.4. The lowest BCUT2D eigenvalue weighted by Crippen LogP contribution is -2.35. The Hall–Kier alpha value is -0.670. The molecule has 3 heteroatoms. The van der Waals surface area contributed by atoms with E-state index in [-0.39, 0.29) is 11.3 Å². The summed E-state index contributed by atoms with van der Waals surface area (Å²) >= 11 is 0. The molecule has 0 saturated carbocycles. The van der Waals surface area contributed by atoms with Gasteiger partial charge in [-0.05, 0) is 31.4 Å². The highest BCUT2D eigenvalue weighted by Gasteiger charge is 2.25. The standard InChI is InChI=1S/C17H29NOS/c1-4-7-14-20(19)16(6-3)17(18-13-5-2)15-11-9-8-10-12-15/h8-12,16-18H,4-7,13-14H2,1-3H3. The fraction of sp³-hybridized carbons (Fsp3) is 0.647. The van der Waals surface area contributed by atoms with E-state index in [4.69, 9.17) is 0 Å². The predicted octanol–water partition coefficient (Wildman–Crippen LogP) is 4.05. The van der Waals surface area contributed by atoms with Crippen molar-refractivity contribution in [1.29, 1.82) is 0 Å². The molecule has 3 atom stereocenters. The van der Waals surface area contributed by atoms with Gasteiger partial charge < -0.3 is 5.32 Å². The number of benzene rings is 1. The Morgan fingerprint density at radius 3 is 2.35 bits per heavy atom. The third-order valence-corrected chi connectivity index (χ3v) is 5.56. The highest BCUT2D eigenvalue weighted by atomic mass is 32.2. The molecule has 1 aromatic rings. The number of hydrogen-bond acceptors (Lipinski definition) is 2. The number of unbranched alkanes of at least 4 members (excludes halogenated alkanes) is 1. The van der Waals surface area contributed by atoms with Gasteiger partial charge >= 0.3 is 0 Å². The Balaban J connectivity index is 2.86. The van der Waals surface area contributed by atoms with E-state index in [1.54, 1.807) is 0 Å². The third-order valence-electron chi connectivity index (χ3n) is 3.58. The van der Waals surface area contributed by atoms with E-state index in [2.05, 4.69) is 50.4 Å². The first-order valence-electron chi connectivity index (χ1n) is 7.90. The highest BCUT2D eigenvalue weighted by molar-refractivity contribution is 7.85. The van der Waals surface area contributed by atoms with Gasteiger partial charge in [0.15, 0.2) is 0 Å². The van der Waals surface area contributed by atoms with Crippen LogP contribution in [0.5, 0.6) is 0 Å². The topological polar surface area (TPSA) is 29.1 Å². The van der Waals surface area contributed by atoms with E-state index in [0.29, 0.717) is 0 Å². The second-order valence-electron chi connectivity index (χ2n) is 5.23. The average molecular weight is 295 g/mol. The lowest BCUT2D eigenvalue weighted by Gasteiger charge is -2.27. The van der Waals surface area contributed by atoms with Crippen LogP contribution >= 0.6 is 0 Å². The molecule has 3 unspecified atom stereocenters. The van der Waals surface area contributed by atoms with Crippen LogP contribution in [0.25, 0.3) is 0 Å². The molecule has 0 aromatic heterocycles. The first-order chi connectivity index (χ1) is 9.74. The van der Waals surface area contributed by atoms with Gasteiger partial charge in [-0.25, -0.2) is 0 Å². The number of nitrogens with one attached hydrogen (secondary N) is 1. The maximum atomic E-state index is 12.6. The van der Waals surface area contributed by atoms with Crippen molar-refractivity contribution < 1.29 is 4.21 Å². The van der Waals surface area contributed by atoms with Crippen molar-refractivity contribution in [3.05, 3.63) is 35.9 Å². The second-order valence-corrected chi connectivity index (χ2v) is 7.00. The van der Waals surface area contributed by atoms with Gasteiger partial charge in [0.1, 0.15) is 0 Å². The molecular weight excluding hydrogens is 266 g/mol. The summed E-state index contributed by atoms with van der Waals surface area (Å²) in [5.74, 6) is 0.826. The molecule has 20 heavy (non-hydrogen) atoms. The van der Waals surface area contributed by atoms with Crippen molar-refractivity contribution in [2.45, 2.75) is 57.7 Å². The minimum atomic E-state index is -0.754. The van der Waals surface area contributed by atoms with E-state index >= 15 is 0 Å². The molecule has 0 aliphatic heterocycles. The van der Waals surface area contributed by atoms with E-state index in [9.17, 15) is 4.21 Å². The monoisotopic (exact) mass is 295 g/mol. The van der Waals surface area contributed by atoms with Crippen LogP contribution in [0.3, 0.4) is 0 Å². The summed E-state index contributed by atoms with van der Waals surface area (Å²) in [5.41, 5.74) is 1.26. The van der Waals surface area contributed by atoms with Crippen molar-refractivity contribution in [3.63, 3.8) is 0 Å². The summed E-state index contributed by atoms with van der Waals surface area (Å²) in [6.45, 7) is 7.45. The smallest absolute Gasteiger partial charge is 0.0540 e. The summed E-state index contributed by atoms with van der Waals surface area (Å²) in [7, 11) is -0.754. The first-order valence-corrected chi connectivity index (χ1v) is 9.28. The molecule has 0 spiro atoms. The maximum absolute atomic E-state index is 12.6. The van der Waals surface area contributed by atoms with Crippen LogP contribution < -0.4 is 5.32 Å². The van der Waals surface area contributed by atoms with Gasteiger partial charge in [-0.15, -0.1) is 0 Å². The normalized spacial score (nSPS) is 15.8. The van der Waals surface area contributed by atoms with Gasteiger partial charge in [-0.1, -0.05) is 57.5 Å². The fourth-order valence-corrected chi connectivity index (χ4v) is 4.24. The Morgan fingerprint density at radius 1 is 1.10 bits per heavy atom. The van der Waals surface area contributed by atoms with Crippen molar-refractivity contribution in [3.8, 4) is 0 Å². The zero-order chi connectivity index (χ0) is 14.8. The Kier molecular flexibility index (Phi) is 8.79. The third kappa shape index (κ3) is 5.37.